The number of aromatic nitrogens is 6. The van der Waals surface area contributed by atoms with Crippen molar-refractivity contribution in [3.05, 3.63) is 72.6 Å². The molecule has 1 fully saturated rings. The Hall–Kier alpha value is -4.27. The minimum Gasteiger partial charge on any atom is -0.497 e. The summed E-state index contributed by atoms with van der Waals surface area (Å²) in [6.07, 6.45) is 7.36. The maximum absolute atomic E-state index is 12.4. The van der Waals surface area contributed by atoms with Crippen LogP contribution >= 0.6 is 0 Å². The molecule has 1 saturated carbocycles. The summed E-state index contributed by atoms with van der Waals surface area (Å²) >= 11 is 0. The molecule has 1 aliphatic rings. The van der Waals surface area contributed by atoms with E-state index in [2.05, 4.69) is 20.5 Å². The highest BCUT2D eigenvalue weighted by atomic mass is 16.5. The molecule has 0 bridgehead atoms. The Labute approximate surface area is 195 Å². The van der Waals surface area contributed by atoms with E-state index in [0.717, 1.165) is 46.9 Å². The van der Waals surface area contributed by atoms with Crippen LogP contribution in [0, 0.1) is 5.92 Å². The van der Waals surface area contributed by atoms with Gasteiger partial charge in [-0.05, 0) is 61.2 Å². The number of amides is 1. The molecule has 4 aromatic heterocycles. The maximum atomic E-state index is 12.4. The third kappa shape index (κ3) is 3.55. The Morgan fingerprint density at radius 3 is 2.85 bits per heavy atom. The maximum Gasteiger partial charge on any atom is 0.227 e. The van der Waals surface area contributed by atoms with Gasteiger partial charge in [-0.2, -0.15) is 5.10 Å². The van der Waals surface area contributed by atoms with Crippen molar-refractivity contribution in [2.75, 3.05) is 12.4 Å². The highest BCUT2D eigenvalue weighted by Gasteiger charge is 2.30. The van der Waals surface area contributed by atoms with Crippen LogP contribution in [-0.2, 0) is 4.79 Å². The fourth-order valence-electron chi connectivity index (χ4n) is 4.13. The van der Waals surface area contributed by atoms with E-state index in [1.165, 1.54) is 0 Å². The number of carbonyl (C=O) groups is 1. The lowest BCUT2D eigenvalue weighted by molar-refractivity contribution is -0.117. The summed E-state index contributed by atoms with van der Waals surface area (Å²) in [4.78, 5) is 16.8. The highest BCUT2D eigenvalue weighted by Crippen LogP contribution is 2.32. The van der Waals surface area contributed by atoms with Gasteiger partial charge < -0.3 is 10.1 Å². The molecule has 34 heavy (non-hydrogen) atoms. The van der Waals surface area contributed by atoms with Crippen LogP contribution in [0.25, 0.3) is 22.4 Å². The molecule has 1 amide bonds. The van der Waals surface area contributed by atoms with Crippen LogP contribution in [0.5, 0.6) is 5.75 Å². The Morgan fingerprint density at radius 1 is 1.15 bits per heavy atom. The lowest BCUT2D eigenvalue weighted by atomic mass is 10.1. The zero-order chi connectivity index (χ0) is 23.2. The number of anilines is 1. The van der Waals surface area contributed by atoms with Crippen LogP contribution in [0.3, 0.4) is 0 Å². The first-order chi connectivity index (χ1) is 16.6. The van der Waals surface area contributed by atoms with E-state index in [1.54, 1.807) is 24.0 Å². The van der Waals surface area contributed by atoms with Crippen LogP contribution in [0.15, 0.2) is 61.1 Å². The zero-order valence-corrected chi connectivity index (χ0v) is 18.8. The third-order valence-corrected chi connectivity index (χ3v) is 6.25. The second-order valence-corrected chi connectivity index (χ2v) is 8.60. The molecule has 9 nitrogen and oxygen atoms in total. The van der Waals surface area contributed by atoms with Gasteiger partial charge in [0.1, 0.15) is 11.6 Å². The van der Waals surface area contributed by atoms with E-state index in [4.69, 9.17) is 9.84 Å². The molecule has 0 spiro atoms. The topological polar surface area (TPSA) is 98.7 Å². The van der Waals surface area contributed by atoms with Gasteiger partial charge in [-0.3, -0.25) is 9.20 Å². The van der Waals surface area contributed by atoms with Crippen molar-refractivity contribution < 1.29 is 9.53 Å². The summed E-state index contributed by atoms with van der Waals surface area (Å²) in [5.41, 5.74) is 4.85. The van der Waals surface area contributed by atoms with Crippen LogP contribution in [0.1, 0.15) is 37.2 Å². The average Bonchev–Trinajstić information content (AvgIpc) is 3.46. The van der Waals surface area contributed by atoms with E-state index >= 15 is 0 Å². The molecule has 1 N–H and O–H groups in total. The van der Waals surface area contributed by atoms with E-state index in [-0.39, 0.29) is 17.7 Å². The highest BCUT2D eigenvalue weighted by molar-refractivity contribution is 5.97. The van der Waals surface area contributed by atoms with Crippen molar-refractivity contribution in [1.82, 2.24) is 29.2 Å². The number of pyridine rings is 1. The normalized spacial score (nSPS) is 14.4. The van der Waals surface area contributed by atoms with Gasteiger partial charge in [-0.15, -0.1) is 10.2 Å². The SMILES string of the molecule is COc1cccc(-c2ccc3nnc(C(C)c4cc(NC(=O)C5CC5)c5nccn5n4)n3c2)c1. The van der Waals surface area contributed by atoms with Crippen molar-refractivity contribution in [2.24, 2.45) is 5.92 Å². The van der Waals surface area contributed by atoms with Crippen molar-refractivity contribution in [3.63, 3.8) is 0 Å². The van der Waals surface area contributed by atoms with Gasteiger partial charge in [-0.1, -0.05) is 12.1 Å². The molecule has 170 valence electrons. The van der Waals surface area contributed by atoms with Gasteiger partial charge >= 0.3 is 0 Å². The number of benzene rings is 1. The molecule has 0 aliphatic heterocycles. The van der Waals surface area contributed by atoms with E-state index < -0.39 is 0 Å². The monoisotopic (exact) mass is 453 g/mol. The molecule has 0 radical (unpaired) electrons. The molecule has 5 aromatic rings. The van der Waals surface area contributed by atoms with E-state index in [9.17, 15) is 4.79 Å². The smallest absolute Gasteiger partial charge is 0.227 e. The summed E-state index contributed by atoms with van der Waals surface area (Å²) in [6.45, 7) is 2.03. The number of rotatable bonds is 6. The number of hydrogen-bond acceptors (Lipinski definition) is 6. The number of nitrogens with zero attached hydrogens (tertiary/aromatic N) is 6. The van der Waals surface area contributed by atoms with Crippen LogP contribution in [0.4, 0.5) is 5.69 Å². The Balaban J connectivity index is 1.40. The van der Waals surface area contributed by atoms with E-state index in [0.29, 0.717) is 11.3 Å². The quantitative estimate of drug-likeness (QED) is 0.418. The summed E-state index contributed by atoms with van der Waals surface area (Å²) in [6, 6.07) is 13.8. The lowest BCUT2D eigenvalue weighted by Gasteiger charge is -2.13. The molecule has 4 heterocycles. The first-order valence-electron chi connectivity index (χ1n) is 11.2. The Bertz CT molecular complexity index is 1530. The number of fused-ring (bicyclic) bond motifs is 2. The van der Waals surface area contributed by atoms with Gasteiger partial charge in [-0.25, -0.2) is 9.50 Å². The van der Waals surface area contributed by atoms with Crippen LogP contribution in [-0.4, -0.2) is 42.2 Å². The van der Waals surface area contributed by atoms with Crippen molar-refractivity contribution in [3.8, 4) is 16.9 Å². The first kappa shape index (κ1) is 20.3. The third-order valence-electron chi connectivity index (χ3n) is 6.25. The first-order valence-corrected chi connectivity index (χ1v) is 11.2. The average molecular weight is 454 g/mol. The number of carbonyl (C=O) groups excluding carboxylic acids is 1. The molecule has 9 heteroatoms. The molecular weight excluding hydrogens is 430 g/mol. The Kier molecular flexibility index (Phi) is 4.75. The van der Waals surface area contributed by atoms with Crippen molar-refractivity contribution in [2.45, 2.75) is 25.7 Å². The second kappa shape index (κ2) is 7.95. The lowest BCUT2D eigenvalue weighted by Crippen LogP contribution is -2.16. The summed E-state index contributed by atoms with van der Waals surface area (Å²) < 4.78 is 9.06. The number of ether oxygens (including phenoxy) is 1. The standard InChI is InChI=1S/C25H23N7O2/c1-15(20-13-21(27-25(33)16-6-7-16)24-26-10-11-32(24)30-20)23-29-28-22-9-8-18(14-31(22)23)17-4-3-5-19(12-17)34-2/h3-5,8-16H,6-7H2,1-2H3,(H,27,33). The Morgan fingerprint density at radius 2 is 2.03 bits per heavy atom. The van der Waals surface area contributed by atoms with Gasteiger partial charge in [0, 0.05) is 24.5 Å². The minimum absolute atomic E-state index is 0.0329. The fourth-order valence-corrected chi connectivity index (χ4v) is 4.13. The predicted molar refractivity (Wildman–Crippen MR) is 127 cm³/mol. The molecule has 1 atom stereocenters. The predicted octanol–water partition coefficient (Wildman–Crippen LogP) is 3.95. The van der Waals surface area contributed by atoms with Crippen LogP contribution in [0.2, 0.25) is 0 Å². The van der Waals surface area contributed by atoms with Crippen molar-refractivity contribution in [1.29, 1.82) is 0 Å². The molecule has 6 rings (SSSR count). The number of nitrogens with one attached hydrogen (secondary N) is 1. The second-order valence-electron chi connectivity index (χ2n) is 8.60. The number of hydrogen-bond donors (Lipinski definition) is 1. The van der Waals surface area contributed by atoms with Crippen LogP contribution < -0.4 is 10.1 Å². The van der Waals surface area contributed by atoms with E-state index in [1.807, 2.05) is 60.0 Å². The summed E-state index contributed by atoms with van der Waals surface area (Å²) in [5, 5.41) is 16.6. The summed E-state index contributed by atoms with van der Waals surface area (Å²) in [7, 11) is 1.66. The molecule has 1 aromatic carbocycles. The number of imidazole rings is 1. The van der Waals surface area contributed by atoms with Gasteiger partial charge in [0.2, 0.25) is 5.91 Å². The number of methoxy groups -OCH3 is 1. The summed E-state index contributed by atoms with van der Waals surface area (Å²) in [5.74, 6) is 1.50. The molecule has 1 aliphatic carbocycles. The van der Waals surface area contributed by atoms with Crippen molar-refractivity contribution >= 4 is 22.9 Å². The molecule has 0 saturated heterocycles. The van der Waals surface area contributed by atoms with Gasteiger partial charge in [0.15, 0.2) is 11.3 Å². The minimum atomic E-state index is -0.182. The molecular formula is C25H23N7O2. The largest absolute Gasteiger partial charge is 0.497 e. The molecule has 1 unspecified atom stereocenters. The van der Waals surface area contributed by atoms with Gasteiger partial charge in [0.05, 0.1) is 24.4 Å². The zero-order valence-electron chi connectivity index (χ0n) is 18.8. The van der Waals surface area contributed by atoms with Gasteiger partial charge in [0.25, 0.3) is 0 Å². The fraction of sp³-hybridized carbons (Fsp3) is 0.240.